The van der Waals surface area contributed by atoms with Crippen LogP contribution in [0.4, 0.5) is 0 Å². The number of likely N-dealkylation sites (tertiary alicyclic amines) is 1. The fraction of sp³-hybridized carbons (Fsp3) is 0.710. The predicted molar refractivity (Wildman–Crippen MR) is 146 cm³/mol. The SMILES string of the molecule is CC(C)CC1(N)CCC(N2CCC(c3ccccc3)CC2)C1.COC(=O)C1(CC(C)C)CC=CC1. The van der Waals surface area contributed by atoms with E-state index in [1.54, 1.807) is 0 Å². The summed E-state index contributed by atoms with van der Waals surface area (Å²) in [7, 11) is 1.47. The Labute approximate surface area is 214 Å². The zero-order chi connectivity index (χ0) is 25.5. The van der Waals surface area contributed by atoms with E-state index in [1.165, 1.54) is 64.3 Å². The van der Waals surface area contributed by atoms with E-state index in [0.29, 0.717) is 11.8 Å². The molecule has 4 nitrogen and oxygen atoms in total. The Morgan fingerprint density at radius 3 is 2.14 bits per heavy atom. The van der Waals surface area contributed by atoms with E-state index >= 15 is 0 Å². The topological polar surface area (TPSA) is 55.6 Å². The van der Waals surface area contributed by atoms with Gasteiger partial charge in [-0.25, -0.2) is 0 Å². The monoisotopic (exact) mass is 482 g/mol. The third-order valence-corrected chi connectivity index (χ3v) is 8.35. The number of rotatable bonds is 7. The highest BCUT2D eigenvalue weighted by molar-refractivity contribution is 5.77. The molecule has 35 heavy (non-hydrogen) atoms. The Kier molecular flexibility index (Phi) is 10.0. The Bertz CT molecular complexity index is 803. The lowest BCUT2D eigenvalue weighted by atomic mass is 9.78. The lowest BCUT2D eigenvalue weighted by molar-refractivity contribution is -0.153. The molecule has 0 spiro atoms. The van der Waals surface area contributed by atoms with E-state index < -0.39 is 0 Å². The summed E-state index contributed by atoms with van der Waals surface area (Å²) >= 11 is 0. The van der Waals surface area contributed by atoms with E-state index in [1.807, 2.05) is 0 Å². The fourth-order valence-corrected chi connectivity index (χ4v) is 6.88. The molecule has 3 aliphatic rings. The van der Waals surface area contributed by atoms with E-state index in [-0.39, 0.29) is 16.9 Å². The molecule has 0 bridgehead atoms. The van der Waals surface area contributed by atoms with Gasteiger partial charge in [0.15, 0.2) is 0 Å². The Morgan fingerprint density at radius 1 is 1.00 bits per heavy atom. The number of allylic oxidation sites excluding steroid dienone is 2. The molecule has 2 atom stereocenters. The van der Waals surface area contributed by atoms with Gasteiger partial charge in [0.05, 0.1) is 12.5 Å². The van der Waals surface area contributed by atoms with Gasteiger partial charge in [0, 0.05) is 11.6 Å². The van der Waals surface area contributed by atoms with Crippen molar-refractivity contribution in [2.75, 3.05) is 20.2 Å². The van der Waals surface area contributed by atoms with Gasteiger partial charge in [0.2, 0.25) is 0 Å². The minimum Gasteiger partial charge on any atom is -0.469 e. The van der Waals surface area contributed by atoms with E-state index in [0.717, 1.165) is 31.2 Å². The second kappa shape index (κ2) is 12.5. The number of carbonyl (C=O) groups excluding carboxylic acids is 1. The van der Waals surface area contributed by atoms with Crippen LogP contribution >= 0.6 is 0 Å². The highest BCUT2D eigenvalue weighted by atomic mass is 16.5. The Morgan fingerprint density at radius 2 is 1.60 bits per heavy atom. The van der Waals surface area contributed by atoms with Crippen LogP contribution in [0.5, 0.6) is 0 Å². The summed E-state index contributed by atoms with van der Waals surface area (Å²) in [5.74, 6) is 1.97. The largest absolute Gasteiger partial charge is 0.469 e. The van der Waals surface area contributed by atoms with Gasteiger partial charge >= 0.3 is 5.97 Å². The van der Waals surface area contributed by atoms with Gasteiger partial charge in [0.25, 0.3) is 0 Å². The van der Waals surface area contributed by atoms with Crippen molar-refractivity contribution in [2.24, 2.45) is 23.0 Å². The Hall–Kier alpha value is -1.65. The fourth-order valence-electron chi connectivity index (χ4n) is 6.88. The van der Waals surface area contributed by atoms with Crippen LogP contribution in [0.3, 0.4) is 0 Å². The van der Waals surface area contributed by atoms with Gasteiger partial charge < -0.3 is 15.4 Å². The molecule has 1 saturated carbocycles. The van der Waals surface area contributed by atoms with Gasteiger partial charge in [-0.1, -0.05) is 70.2 Å². The molecule has 2 N–H and O–H groups in total. The summed E-state index contributed by atoms with van der Waals surface area (Å²) in [5, 5.41) is 0. The van der Waals surface area contributed by atoms with E-state index in [4.69, 9.17) is 10.5 Å². The van der Waals surface area contributed by atoms with Crippen LogP contribution in [-0.2, 0) is 9.53 Å². The first-order valence-electron chi connectivity index (χ1n) is 14.0. The molecule has 4 heteroatoms. The van der Waals surface area contributed by atoms with Crippen molar-refractivity contribution in [1.29, 1.82) is 0 Å². The van der Waals surface area contributed by atoms with E-state index in [9.17, 15) is 4.79 Å². The maximum Gasteiger partial charge on any atom is 0.312 e. The van der Waals surface area contributed by atoms with Crippen molar-refractivity contribution in [3.8, 4) is 0 Å². The molecule has 4 rings (SSSR count). The number of hydrogen-bond acceptors (Lipinski definition) is 4. The summed E-state index contributed by atoms with van der Waals surface area (Å²) in [4.78, 5) is 14.3. The van der Waals surface area contributed by atoms with Crippen LogP contribution in [-0.4, -0.2) is 42.6 Å². The molecule has 0 radical (unpaired) electrons. The third-order valence-electron chi connectivity index (χ3n) is 8.35. The first-order chi connectivity index (χ1) is 16.7. The third kappa shape index (κ3) is 7.67. The lowest BCUT2D eigenvalue weighted by Crippen LogP contribution is -2.44. The van der Waals surface area contributed by atoms with Crippen LogP contribution < -0.4 is 5.73 Å². The maximum absolute atomic E-state index is 11.6. The number of ether oxygens (including phenoxy) is 1. The minimum absolute atomic E-state index is 0.0498. The van der Waals surface area contributed by atoms with Crippen LogP contribution in [0.2, 0.25) is 0 Å². The highest BCUT2D eigenvalue weighted by Gasteiger charge is 2.40. The minimum atomic E-state index is -0.247. The number of nitrogens with zero attached hydrogens (tertiary/aromatic N) is 1. The van der Waals surface area contributed by atoms with Gasteiger partial charge in [-0.2, -0.15) is 0 Å². The van der Waals surface area contributed by atoms with Crippen molar-refractivity contribution >= 4 is 5.97 Å². The van der Waals surface area contributed by atoms with Crippen molar-refractivity contribution in [3.63, 3.8) is 0 Å². The van der Waals surface area contributed by atoms with Crippen molar-refractivity contribution in [3.05, 3.63) is 48.0 Å². The summed E-state index contributed by atoms with van der Waals surface area (Å²) in [6.45, 7) is 11.4. The van der Waals surface area contributed by atoms with Crippen LogP contribution in [0.25, 0.3) is 0 Å². The van der Waals surface area contributed by atoms with Gasteiger partial charge in [0.1, 0.15) is 0 Å². The van der Waals surface area contributed by atoms with Gasteiger partial charge in [-0.3, -0.25) is 4.79 Å². The number of benzene rings is 1. The standard InChI is InChI=1S/C20H32N2.C11H18O2/c1-16(2)14-20(21)11-8-19(15-20)22-12-9-18(10-13-22)17-6-4-3-5-7-17;1-9(2)8-11(10(12)13-3)6-4-5-7-11/h3-7,16,18-19H,8-15,21H2,1-2H3;4-5,9H,6-8H2,1-3H3. The highest BCUT2D eigenvalue weighted by Crippen LogP contribution is 2.40. The second-order valence-corrected chi connectivity index (χ2v) is 12.3. The molecule has 2 fully saturated rings. The Balaban J connectivity index is 0.000000225. The molecular formula is C31H50N2O2. The summed E-state index contributed by atoms with van der Waals surface area (Å²) in [6, 6.07) is 11.8. The number of methoxy groups -OCH3 is 1. The quantitative estimate of drug-likeness (QED) is 0.347. The van der Waals surface area contributed by atoms with Crippen molar-refractivity contribution < 1.29 is 9.53 Å². The summed E-state index contributed by atoms with van der Waals surface area (Å²) in [5.41, 5.74) is 8.04. The molecular weight excluding hydrogens is 432 g/mol. The first-order valence-corrected chi connectivity index (χ1v) is 14.0. The molecule has 1 aliphatic heterocycles. The molecule has 0 amide bonds. The van der Waals surface area contributed by atoms with E-state index in [2.05, 4.69) is 75.1 Å². The molecule has 196 valence electrons. The zero-order valence-electron chi connectivity index (χ0n) is 23.0. The number of carbonyl (C=O) groups is 1. The predicted octanol–water partition coefficient (Wildman–Crippen LogP) is 6.70. The molecule has 2 unspecified atom stereocenters. The summed E-state index contributed by atoms with van der Waals surface area (Å²) in [6.07, 6.45) is 14.3. The van der Waals surface area contributed by atoms with Crippen LogP contribution in [0, 0.1) is 17.3 Å². The number of esters is 1. The number of hydrogen-bond donors (Lipinski definition) is 1. The molecule has 1 heterocycles. The molecule has 0 aromatic heterocycles. The zero-order valence-corrected chi connectivity index (χ0v) is 23.0. The van der Waals surface area contributed by atoms with Crippen molar-refractivity contribution in [1.82, 2.24) is 4.90 Å². The summed E-state index contributed by atoms with van der Waals surface area (Å²) < 4.78 is 4.86. The molecule has 2 aliphatic carbocycles. The molecule has 1 saturated heterocycles. The van der Waals surface area contributed by atoms with Crippen LogP contribution in [0.1, 0.15) is 97.0 Å². The van der Waals surface area contributed by atoms with Crippen LogP contribution in [0.15, 0.2) is 42.5 Å². The average Bonchev–Trinajstić information content (AvgIpc) is 3.46. The molecule has 1 aromatic carbocycles. The van der Waals surface area contributed by atoms with Crippen molar-refractivity contribution in [2.45, 2.75) is 103 Å². The molecule has 1 aromatic rings. The smallest absolute Gasteiger partial charge is 0.312 e. The second-order valence-electron chi connectivity index (χ2n) is 12.3. The first kappa shape index (κ1) is 27.9. The lowest BCUT2D eigenvalue weighted by Gasteiger charge is -2.37. The maximum atomic E-state index is 11.6. The average molecular weight is 483 g/mol. The van der Waals surface area contributed by atoms with Gasteiger partial charge in [-0.05, 0) is 94.2 Å². The normalized spacial score (nSPS) is 26.7. The number of nitrogens with two attached hydrogens (primary N) is 1. The number of piperidine rings is 1. The van der Waals surface area contributed by atoms with Gasteiger partial charge in [-0.15, -0.1) is 0 Å².